The summed E-state index contributed by atoms with van der Waals surface area (Å²) in [4.78, 5) is 0. The van der Waals surface area contributed by atoms with Crippen molar-refractivity contribution in [3.63, 3.8) is 0 Å². The van der Waals surface area contributed by atoms with E-state index in [0.29, 0.717) is 0 Å². The molecule has 0 N–H and O–H groups in total. The molecule has 9 heavy (non-hydrogen) atoms. The summed E-state index contributed by atoms with van der Waals surface area (Å²) in [7, 11) is 0. The van der Waals surface area contributed by atoms with Crippen LogP contribution in [0.5, 0.6) is 0 Å². The summed E-state index contributed by atoms with van der Waals surface area (Å²) in [6.07, 6.45) is 2.56. The fourth-order valence-corrected chi connectivity index (χ4v) is 0.510. The summed E-state index contributed by atoms with van der Waals surface area (Å²) in [6, 6.07) is 0. The molecular formula is C4H14Cl3OP. The highest BCUT2D eigenvalue weighted by Gasteiger charge is 1.94. The average molecular weight is 215 g/mol. The summed E-state index contributed by atoms with van der Waals surface area (Å²) in [5, 5.41) is 0. The standard InChI is InChI=1S/C4H8O.3ClH.H3P/c1-2-4-5-3-1;;;;/h1-4H2;3*1H;1H3. The molecule has 0 bridgehead atoms. The van der Waals surface area contributed by atoms with Crippen LogP contribution < -0.4 is 0 Å². The number of ether oxygens (including phenoxy) is 1. The Kier molecular flexibility index (Phi) is 40.2. The molecular weight excluding hydrogens is 201 g/mol. The second-order valence-corrected chi connectivity index (χ2v) is 1.32. The van der Waals surface area contributed by atoms with Crippen LogP contribution in [-0.2, 0) is 4.74 Å². The normalized spacial score (nSPS) is 13.3. The number of hydrogen-bond acceptors (Lipinski definition) is 1. The first-order chi connectivity index (χ1) is 2.50. The molecule has 62 valence electrons. The average Bonchev–Trinajstić information content (AvgIpc) is 1.76. The third-order valence-electron chi connectivity index (χ3n) is 0.827. The maximum atomic E-state index is 4.94. The SMILES string of the molecule is C1CCOC1.Cl.Cl.Cl.P. The lowest BCUT2D eigenvalue weighted by molar-refractivity contribution is 0.198. The quantitative estimate of drug-likeness (QED) is 0.563. The summed E-state index contributed by atoms with van der Waals surface area (Å²) >= 11 is 0. The molecule has 1 aliphatic heterocycles. The molecule has 1 saturated heterocycles. The number of hydrogen-bond donors (Lipinski definition) is 0. The summed E-state index contributed by atoms with van der Waals surface area (Å²) in [6.45, 7) is 2.00. The minimum Gasteiger partial charge on any atom is -0.381 e. The molecule has 0 aliphatic carbocycles. The van der Waals surface area contributed by atoms with Crippen LogP contribution in [0.1, 0.15) is 12.8 Å². The van der Waals surface area contributed by atoms with E-state index in [-0.39, 0.29) is 47.1 Å². The van der Waals surface area contributed by atoms with Crippen molar-refractivity contribution in [3.05, 3.63) is 0 Å². The largest absolute Gasteiger partial charge is 0.381 e. The lowest BCUT2D eigenvalue weighted by Crippen LogP contribution is -1.74. The van der Waals surface area contributed by atoms with Gasteiger partial charge in [-0.25, -0.2) is 0 Å². The molecule has 1 fully saturated rings. The first-order valence-electron chi connectivity index (χ1n) is 2.08. The van der Waals surface area contributed by atoms with Crippen molar-refractivity contribution < 1.29 is 4.74 Å². The van der Waals surface area contributed by atoms with Crippen LogP contribution in [0.3, 0.4) is 0 Å². The Morgan fingerprint density at radius 1 is 0.778 bits per heavy atom. The van der Waals surface area contributed by atoms with E-state index in [0.717, 1.165) is 13.2 Å². The summed E-state index contributed by atoms with van der Waals surface area (Å²) < 4.78 is 4.94. The molecule has 1 aliphatic rings. The second-order valence-electron chi connectivity index (χ2n) is 1.32. The molecule has 1 heterocycles. The van der Waals surface area contributed by atoms with Gasteiger partial charge in [0.05, 0.1) is 0 Å². The molecule has 0 amide bonds. The van der Waals surface area contributed by atoms with Crippen LogP contribution in [0, 0.1) is 0 Å². The van der Waals surface area contributed by atoms with Gasteiger partial charge in [-0.1, -0.05) is 0 Å². The van der Waals surface area contributed by atoms with Gasteiger partial charge in [-0.3, -0.25) is 0 Å². The van der Waals surface area contributed by atoms with Gasteiger partial charge in [-0.05, 0) is 12.8 Å². The monoisotopic (exact) mass is 214 g/mol. The van der Waals surface area contributed by atoms with E-state index < -0.39 is 0 Å². The molecule has 5 heteroatoms. The van der Waals surface area contributed by atoms with E-state index in [1.54, 1.807) is 0 Å². The van der Waals surface area contributed by atoms with Crippen LogP contribution in [-0.4, -0.2) is 13.2 Å². The molecule has 0 saturated carbocycles. The Morgan fingerprint density at radius 2 is 1.11 bits per heavy atom. The van der Waals surface area contributed by atoms with Gasteiger partial charge in [-0.15, -0.1) is 37.2 Å². The van der Waals surface area contributed by atoms with E-state index in [1.165, 1.54) is 12.8 Å². The van der Waals surface area contributed by atoms with Crippen LogP contribution in [0.4, 0.5) is 0 Å². The van der Waals surface area contributed by atoms with Gasteiger partial charge in [0.15, 0.2) is 0 Å². The first-order valence-corrected chi connectivity index (χ1v) is 2.08. The molecule has 1 atom stereocenters. The third-order valence-corrected chi connectivity index (χ3v) is 0.827. The van der Waals surface area contributed by atoms with Gasteiger partial charge in [0.2, 0.25) is 0 Å². The molecule has 0 radical (unpaired) electrons. The Bertz CT molecular complexity index is 27.4. The molecule has 1 nitrogen and oxygen atoms in total. The van der Waals surface area contributed by atoms with Crippen molar-refractivity contribution in [1.82, 2.24) is 0 Å². The van der Waals surface area contributed by atoms with E-state index >= 15 is 0 Å². The maximum absolute atomic E-state index is 4.94. The Hall–Kier alpha value is 1.26. The lowest BCUT2D eigenvalue weighted by Gasteiger charge is -1.76. The lowest BCUT2D eigenvalue weighted by atomic mass is 10.4. The topological polar surface area (TPSA) is 9.23 Å². The van der Waals surface area contributed by atoms with Crippen molar-refractivity contribution in [3.8, 4) is 0 Å². The number of rotatable bonds is 0. The fourth-order valence-electron chi connectivity index (χ4n) is 0.510. The van der Waals surface area contributed by atoms with Crippen molar-refractivity contribution in [1.29, 1.82) is 0 Å². The van der Waals surface area contributed by atoms with E-state index in [2.05, 4.69) is 0 Å². The van der Waals surface area contributed by atoms with Crippen LogP contribution >= 0.6 is 47.1 Å². The minimum atomic E-state index is 0. The second kappa shape index (κ2) is 16.1. The molecule has 0 aromatic heterocycles. The van der Waals surface area contributed by atoms with Gasteiger partial charge in [0.1, 0.15) is 0 Å². The zero-order valence-electron chi connectivity index (χ0n) is 5.17. The predicted octanol–water partition coefficient (Wildman–Crippen LogP) is 2.12. The summed E-state index contributed by atoms with van der Waals surface area (Å²) in [5.41, 5.74) is 0. The van der Waals surface area contributed by atoms with E-state index in [1.807, 2.05) is 0 Å². The zero-order chi connectivity index (χ0) is 3.54. The molecule has 0 spiro atoms. The number of halogens is 3. The van der Waals surface area contributed by atoms with Gasteiger partial charge in [0, 0.05) is 13.2 Å². The summed E-state index contributed by atoms with van der Waals surface area (Å²) in [5.74, 6) is 0. The smallest absolute Gasteiger partial charge is 0.0466 e. The Balaban J connectivity index is -0.0000000312. The van der Waals surface area contributed by atoms with Crippen molar-refractivity contribution in [2.45, 2.75) is 12.8 Å². The minimum absolute atomic E-state index is 0. The van der Waals surface area contributed by atoms with Gasteiger partial charge < -0.3 is 4.74 Å². The highest BCUT2D eigenvalue weighted by atomic mass is 35.5. The van der Waals surface area contributed by atoms with Crippen LogP contribution in [0.2, 0.25) is 0 Å². The third kappa shape index (κ3) is 12.5. The highest BCUT2D eigenvalue weighted by molar-refractivity contribution is 6.92. The highest BCUT2D eigenvalue weighted by Crippen LogP contribution is 1.98. The van der Waals surface area contributed by atoms with Crippen LogP contribution in [0.15, 0.2) is 0 Å². The Morgan fingerprint density at radius 3 is 1.22 bits per heavy atom. The van der Waals surface area contributed by atoms with Crippen molar-refractivity contribution in [2.75, 3.05) is 13.2 Å². The van der Waals surface area contributed by atoms with Gasteiger partial charge in [0.25, 0.3) is 0 Å². The Labute approximate surface area is 78.2 Å². The van der Waals surface area contributed by atoms with Crippen LogP contribution in [0.25, 0.3) is 0 Å². The maximum Gasteiger partial charge on any atom is 0.0466 e. The fraction of sp³-hybridized carbons (Fsp3) is 1.00. The molecule has 0 aromatic rings. The zero-order valence-corrected chi connectivity index (χ0v) is 9.03. The van der Waals surface area contributed by atoms with Gasteiger partial charge >= 0.3 is 0 Å². The molecule has 0 aromatic carbocycles. The van der Waals surface area contributed by atoms with E-state index in [9.17, 15) is 0 Å². The van der Waals surface area contributed by atoms with Gasteiger partial charge in [-0.2, -0.15) is 9.90 Å². The predicted molar refractivity (Wildman–Crippen MR) is 52.9 cm³/mol. The van der Waals surface area contributed by atoms with E-state index in [4.69, 9.17) is 4.74 Å². The van der Waals surface area contributed by atoms with Crippen molar-refractivity contribution >= 4 is 47.1 Å². The molecule has 1 unspecified atom stereocenters. The first kappa shape index (κ1) is 22.5. The van der Waals surface area contributed by atoms with Crippen molar-refractivity contribution in [2.24, 2.45) is 0 Å². The molecule has 1 rings (SSSR count).